The van der Waals surface area contributed by atoms with E-state index in [1.807, 2.05) is 42.5 Å². The van der Waals surface area contributed by atoms with Gasteiger partial charge in [0, 0.05) is 24.7 Å². The van der Waals surface area contributed by atoms with E-state index in [0.29, 0.717) is 30.6 Å². The van der Waals surface area contributed by atoms with Crippen LogP contribution in [0.3, 0.4) is 0 Å². The summed E-state index contributed by atoms with van der Waals surface area (Å²) in [6.45, 7) is 0.528. The summed E-state index contributed by atoms with van der Waals surface area (Å²) < 4.78 is 0. The van der Waals surface area contributed by atoms with Gasteiger partial charge in [-0.1, -0.05) is 30.3 Å². The second-order valence-electron chi connectivity index (χ2n) is 10.1. The maximum Gasteiger partial charge on any atom is 0.303 e. The highest BCUT2D eigenvalue weighted by atomic mass is 16.4. The predicted molar refractivity (Wildman–Crippen MR) is 141 cm³/mol. The van der Waals surface area contributed by atoms with E-state index in [9.17, 15) is 19.5 Å². The minimum Gasteiger partial charge on any atom is -0.481 e. The maximum absolute atomic E-state index is 12.9. The fourth-order valence-electron chi connectivity index (χ4n) is 5.58. The monoisotopic (exact) mass is 503 g/mol. The molecule has 2 aliphatic rings. The van der Waals surface area contributed by atoms with Crippen molar-refractivity contribution in [2.45, 2.75) is 56.9 Å². The Morgan fingerprint density at radius 1 is 1.03 bits per heavy atom. The standard InChI is InChI=1S/C28H33N5O4/c34-25(17-33-24-8-4-1-5-21(24)19(15-27(36)37)11-14-26(33)35)29-16-18-9-12-20(13-10-18)30-28-31-22-6-2-3-7-23(22)32-28/h1-8,18-20H,9-17H2,(H,29,34)(H,36,37)(H2,30,31,32)/t18?,19-,20?/m0/s1. The summed E-state index contributed by atoms with van der Waals surface area (Å²) in [4.78, 5) is 46.5. The van der Waals surface area contributed by atoms with Crippen LogP contribution >= 0.6 is 0 Å². The van der Waals surface area contributed by atoms with Crippen molar-refractivity contribution in [3.63, 3.8) is 0 Å². The van der Waals surface area contributed by atoms with Gasteiger partial charge >= 0.3 is 5.97 Å². The van der Waals surface area contributed by atoms with E-state index in [1.165, 1.54) is 4.90 Å². The first-order valence-electron chi connectivity index (χ1n) is 13.1. The van der Waals surface area contributed by atoms with Crippen molar-refractivity contribution in [1.29, 1.82) is 0 Å². The molecule has 0 bridgehead atoms. The van der Waals surface area contributed by atoms with Crippen molar-refractivity contribution in [3.05, 3.63) is 54.1 Å². The van der Waals surface area contributed by atoms with Crippen LogP contribution in [0.2, 0.25) is 0 Å². The summed E-state index contributed by atoms with van der Waals surface area (Å²) in [7, 11) is 0. The molecule has 2 aromatic carbocycles. The second kappa shape index (κ2) is 11.0. The van der Waals surface area contributed by atoms with E-state index in [2.05, 4.69) is 20.6 Å². The number of benzene rings is 2. The summed E-state index contributed by atoms with van der Waals surface area (Å²) in [6.07, 6.45) is 4.66. The number of hydrogen-bond donors (Lipinski definition) is 4. The van der Waals surface area contributed by atoms with Crippen LogP contribution in [0.25, 0.3) is 11.0 Å². The van der Waals surface area contributed by atoms with Gasteiger partial charge in [0.25, 0.3) is 0 Å². The highest BCUT2D eigenvalue weighted by Gasteiger charge is 2.30. The van der Waals surface area contributed by atoms with Crippen LogP contribution in [0.15, 0.2) is 48.5 Å². The number of carbonyl (C=O) groups excluding carboxylic acids is 2. The zero-order valence-electron chi connectivity index (χ0n) is 20.8. The lowest BCUT2D eigenvalue weighted by atomic mass is 9.86. The van der Waals surface area contributed by atoms with Gasteiger partial charge in [0.2, 0.25) is 17.8 Å². The fourth-order valence-corrected chi connectivity index (χ4v) is 5.58. The number of carboxylic acid groups (broad SMARTS) is 1. The summed E-state index contributed by atoms with van der Waals surface area (Å²) in [5.41, 5.74) is 3.43. The molecule has 3 aromatic rings. The van der Waals surface area contributed by atoms with Gasteiger partial charge in [-0.2, -0.15) is 0 Å². The van der Waals surface area contributed by atoms with Crippen LogP contribution in [0, 0.1) is 5.92 Å². The van der Waals surface area contributed by atoms with Gasteiger partial charge in [0.15, 0.2) is 0 Å². The first-order chi connectivity index (χ1) is 18.0. The SMILES string of the molecule is O=C(O)C[C@@H]1CCC(=O)N(CC(=O)NCC2CCC(Nc3nc4ccccc4[nH]3)CC2)c2ccccc21. The Bertz CT molecular complexity index is 1250. The highest BCUT2D eigenvalue weighted by molar-refractivity contribution is 6.00. The molecule has 37 heavy (non-hydrogen) atoms. The molecular formula is C28H33N5O4. The van der Waals surface area contributed by atoms with Gasteiger partial charge in [-0.3, -0.25) is 14.4 Å². The lowest BCUT2D eigenvalue weighted by Crippen LogP contribution is -2.42. The average molecular weight is 504 g/mol. The molecule has 9 nitrogen and oxygen atoms in total. The quantitative estimate of drug-likeness (QED) is 0.367. The normalized spacial score (nSPS) is 21.8. The number of fused-ring (bicyclic) bond motifs is 2. The fraction of sp³-hybridized carbons (Fsp3) is 0.429. The van der Waals surface area contributed by atoms with Crippen LogP contribution in [-0.2, 0) is 14.4 Å². The average Bonchev–Trinajstić information content (AvgIpc) is 3.26. The van der Waals surface area contributed by atoms with Crippen molar-refractivity contribution in [2.24, 2.45) is 5.92 Å². The highest BCUT2D eigenvalue weighted by Crippen LogP contribution is 2.36. The summed E-state index contributed by atoms with van der Waals surface area (Å²) in [6, 6.07) is 15.6. The lowest BCUT2D eigenvalue weighted by molar-refractivity contribution is -0.137. The summed E-state index contributed by atoms with van der Waals surface area (Å²) in [5, 5.41) is 15.8. The molecule has 194 valence electrons. The van der Waals surface area contributed by atoms with E-state index >= 15 is 0 Å². The van der Waals surface area contributed by atoms with Crippen molar-refractivity contribution >= 4 is 40.5 Å². The number of carboxylic acids is 1. The van der Waals surface area contributed by atoms with Gasteiger partial charge in [0.05, 0.1) is 17.5 Å². The largest absolute Gasteiger partial charge is 0.481 e. The number of imidazole rings is 1. The third-order valence-corrected chi connectivity index (χ3v) is 7.56. The molecule has 4 N–H and O–H groups in total. The smallest absolute Gasteiger partial charge is 0.303 e. The molecule has 5 rings (SSSR count). The predicted octanol–water partition coefficient (Wildman–Crippen LogP) is 4.04. The summed E-state index contributed by atoms with van der Waals surface area (Å²) >= 11 is 0. The third-order valence-electron chi connectivity index (χ3n) is 7.56. The molecule has 1 aliphatic carbocycles. The van der Waals surface area contributed by atoms with Crippen molar-refractivity contribution in [3.8, 4) is 0 Å². The van der Waals surface area contributed by atoms with Crippen molar-refractivity contribution in [2.75, 3.05) is 23.3 Å². The maximum atomic E-state index is 12.9. The Morgan fingerprint density at radius 2 is 1.78 bits per heavy atom. The Balaban J connectivity index is 1.12. The Labute approximate surface area is 215 Å². The zero-order valence-corrected chi connectivity index (χ0v) is 20.8. The number of nitrogens with zero attached hydrogens (tertiary/aromatic N) is 2. The number of para-hydroxylation sites is 3. The number of anilines is 2. The van der Waals surface area contributed by atoms with E-state index < -0.39 is 5.97 Å². The molecule has 0 saturated heterocycles. The van der Waals surface area contributed by atoms with Crippen molar-refractivity contribution < 1.29 is 19.5 Å². The minimum absolute atomic E-state index is 0.0296. The van der Waals surface area contributed by atoms with E-state index in [4.69, 9.17) is 0 Å². The van der Waals surface area contributed by atoms with Gasteiger partial charge < -0.3 is 25.6 Å². The number of rotatable bonds is 8. The number of carbonyl (C=O) groups is 3. The zero-order chi connectivity index (χ0) is 25.8. The Hall–Kier alpha value is -3.88. The number of hydrogen-bond acceptors (Lipinski definition) is 5. The number of nitrogens with one attached hydrogen (secondary N) is 3. The number of amides is 2. The van der Waals surface area contributed by atoms with Crippen molar-refractivity contribution in [1.82, 2.24) is 15.3 Å². The molecule has 1 aromatic heterocycles. The molecule has 0 spiro atoms. The number of aromatic nitrogens is 2. The Morgan fingerprint density at radius 3 is 2.57 bits per heavy atom. The molecule has 1 aliphatic heterocycles. The minimum atomic E-state index is -0.888. The van der Waals surface area contributed by atoms with Gasteiger partial charge in [0.1, 0.15) is 6.54 Å². The first kappa shape index (κ1) is 24.8. The van der Waals surface area contributed by atoms with Crippen LogP contribution in [0.4, 0.5) is 11.6 Å². The molecule has 1 fully saturated rings. The molecule has 0 radical (unpaired) electrons. The molecule has 1 atom stereocenters. The third kappa shape index (κ3) is 5.93. The summed E-state index contributed by atoms with van der Waals surface area (Å²) in [5.74, 6) is -0.277. The second-order valence-corrected chi connectivity index (χ2v) is 10.1. The topological polar surface area (TPSA) is 127 Å². The van der Waals surface area contributed by atoms with Crippen LogP contribution in [-0.4, -0.2) is 52.0 Å². The van der Waals surface area contributed by atoms with Crippen LogP contribution in [0.5, 0.6) is 0 Å². The van der Waals surface area contributed by atoms with E-state index in [1.54, 1.807) is 6.07 Å². The van der Waals surface area contributed by atoms with Crippen LogP contribution < -0.4 is 15.5 Å². The van der Waals surface area contributed by atoms with E-state index in [-0.39, 0.29) is 37.1 Å². The lowest BCUT2D eigenvalue weighted by Gasteiger charge is -2.29. The molecular weight excluding hydrogens is 470 g/mol. The van der Waals surface area contributed by atoms with Crippen LogP contribution in [0.1, 0.15) is 56.4 Å². The Kier molecular flexibility index (Phi) is 7.39. The molecule has 2 amide bonds. The molecule has 9 heteroatoms. The number of aliphatic carboxylic acids is 1. The van der Waals surface area contributed by atoms with E-state index in [0.717, 1.165) is 48.2 Å². The van der Waals surface area contributed by atoms with Gasteiger partial charge in [-0.25, -0.2) is 4.98 Å². The number of aromatic amines is 1. The molecule has 2 heterocycles. The molecule has 1 saturated carbocycles. The molecule has 0 unspecified atom stereocenters. The first-order valence-corrected chi connectivity index (χ1v) is 13.1. The van der Waals surface area contributed by atoms with Gasteiger partial charge in [-0.15, -0.1) is 0 Å². The van der Waals surface area contributed by atoms with Gasteiger partial charge in [-0.05, 0) is 67.7 Å². The number of H-pyrrole nitrogens is 1.